The van der Waals surface area contributed by atoms with E-state index in [1.165, 1.54) is 0 Å². The maximum Gasteiger partial charge on any atom is 0.161 e. The first-order valence-electron chi connectivity index (χ1n) is 11.0. The van der Waals surface area contributed by atoms with Crippen molar-refractivity contribution in [3.8, 4) is 17.2 Å². The average molecular weight is 447 g/mol. The maximum atomic E-state index is 10.4. The Balaban J connectivity index is 1.33. The Morgan fingerprint density at radius 2 is 1.22 bits per heavy atom. The average Bonchev–Trinajstić information content (AvgIpc) is 2.83. The lowest BCUT2D eigenvalue weighted by molar-refractivity contribution is 0.0236. The zero-order valence-corrected chi connectivity index (χ0v) is 18.6. The van der Waals surface area contributed by atoms with E-state index in [9.17, 15) is 15.3 Å². The van der Waals surface area contributed by atoms with Crippen molar-refractivity contribution >= 4 is 0 Å². The molecule has 2 atom stereocenters. The molecule has 8 heteroatoms. The molecule has 0 spiro atoms. The predicted molar refractivity (Wildman–Crippen MR) is 121 cm³/mol. The summed E-state index contributed by atoms with van der Waals surface area (Å²) in [5.74, 6) is 1.87. The van der Waals surface area contributed by atoms with Crippen molar-refractivity contribution in [3.63, 3.8) is 0 Å². The molecule has 0 amide bonds. The Labute approximate surface area is 189 Å². The molecule has 2 aromatic carbocycles. The van der Waals surface area contributed by atoms with Gasteiger partial charge in [0.25, 0.3) is 0 Å². The summed E-state index contributed by atoms with van der Waals surface area (Å²) in [5, 5.41) is 30.1. The highest BCUT2D eigenvalue weighted by Gasteiger charge is 2.22. The lowest BCUT2D eigenvalue weighted by atomic mass is 10.2. The van der Waals surface area contributed by atoms with Gasteiger partial charge in [-0.15, -0.1) is 0 Å². The van der Waals surface area contributed by atoms with Crippen LogP contribution in [0.4, 0.5) is 0 Å². The summed E-state index contributed by atoms with van der Waals surface area (Å²) in [7, 11) is 1.59. The first-order valence-corrected chi connectivity index (χ1v) is 11.0. The van der Waals surface area contributed by atoms with Crippen LogP contribution in [0.1, 0.15) is 5.56 Å². The Bertz CT molecular complexity index is 745. The van der Waals surface area contributed by atoms with Crippen molar-refractivity contribution in [3.05, 3.63) is 54.1 Å². The summed E-state index contributed by atoms with van der Waals surface area (Å²) in [4.78, 5) is 4.40. The number of hydrogen-bond acceptors (Lipinski definition) is 8. The van der Waals surface area contributed by atoms with Gasteiger partial charge in [0.05, 0.1) is 13.7 Å². The number of para-hydroxylation sites is 3. The number of benzene rings is 2. The molecule has 3 rings (SSSR count). The zero-order valence-electron chi connectivity index (χ0n) is 18.6. The summed E-state index contributed by atoms with van der Waals surface area (Å²) in [6.07, 6.45) is -1.22. The number of hydrogen-bond donors (Lipinski definition) is 3. The standard InChI is InChI=1S/C24H34N2O6/c1-30-23-8-4-5-9-24(23)32-18-21(29)15-26-12-10-25(11-13-26)14-20(28)17-31-22-7-3-2-6-19(22)16-27/h2-9,20-21,27-29H,10-18H2,1H3. The number of nitrogens with zero attached hydrogens (tertiary/aromatic N) is 2. The molecule has 0 radical (unpaired) electrons. The largest absolute Gasteiger partial charge is 0.493 e. The quantitative estimate of drug-likeness (QED) is 0.444. The smallest absolute Gasteiger partial charge is 0.161 e. The van der Waals surface area contributed by atoms with Crippen LogP contribution in [-0.2, 0) is 6.61 Å². The molecule has 2 aromatic rings. The van der Waals surface area contributed by atoms with Crippen molar-refractivity contribution in [1.82, 2.24) is 9.80 Å². The number of β-amino-alcohol motifs (C(OH)–C–C–N with tert-alkyl or cyclic N) is 2. The van der Waals surface area contributed by atoms with E-state index in [-0.39, 0.29) is 19.8 Å². The van der Waals surface area contributed by atoms with Gasteiger partial charge in [-0.05, 0) is 18.2 Å². The maximum absolute atomic E-state index is 10.4. The summed E-state index contributed by atoms with van der Waals surface area (Å²) in [5.41, 5.74) is 0.710. The molecule has 3 N–H and O–H groups in total. The highest BCUT2D eigenvalue weighted by molar-refractivity contribution is 5.39. The first-order chi connectivity index (χ1) is 15.6. The predicted octanol–water partition coefficient (Wildman–Crippen LogP) is 0.985. The van der Waals surface area contributed by atoms with Crippen LogP contribution in [0.15, 0.2) is 48.5 Å². The van der Waals surface area contributed by atoms with Gasteiger partial charge >= 0.3 is 0 Å². The van der Waals surface area contributed by atoms with Gasteiger partial charge in [0.15, 0.2) is 11.5 Å². The second-order valence-electron chi connectivity index (χ2n) is 7.95. The van der Waals surface area contributed by atoms with Gasteiger partial charge in [0.2, 0.25) is 0 Å². The van der Waals surface area contributed by atoms with E-state index in [1.54, 1.807) is 19.2 Å². The molecule has 1 heterocycles. The topological polar surface area (TPSA) is 94.9 Å². The van der Waals surface area contributed by atoms with Crippen LogP contribution in [0.2, 0.25) is 0 Å². The lowest BCUT2D eigenvalue weighted by Gasteiger charge is -2.36. The molecule has 1 saturated heterocycles. The van der Waals surface area contributed by atoms with Gasteiger partial charge in [-0.1, -0.05) is 30.3 Å². The fraction of sp³-hybridized carbons (Fsp3) is 0.500. The highest BCUT2D eigenvalue weighted by atomic mass is 16.5. The third kappa shape index (κ3) is 7.36. The summed E-state index contributed by atoms with van der Waals surface area (Å²) in [6, 6.07) is 14.7. The second-order valence-corrected chi connectivity index (χ2v) is 7.95. The molecular weight excluding hydrogens is 412 g/mol. The van der Waals surface area contributed by atoms with Gasteiger partial charge in [0, 0.05) is 44.8 Å². The van der Waals surface area contributed by atoms with Crippen LogP contribution in [0.3, 0.4) is 0 Å². The van der Waals surface area contributed by atoms with Crippen LogP contribution in [-0.4, -0.2) is 96.9 Å². The van der Waals surface area contributed by atoms with Crippen LogP contribution in [0.25, 0.3) is 0 Å². The van der Waals surface area contributed by atoms with Crippen LogP contribution in [0, 0.1) is 0 Å². The molecule has 2 unspecified atom stereocenters. The van der Waals surface area contributed by atoms with Crippen LogP contribution in [0.5, 0.6) is 17.2 Å². The van der Waals surface area contributed by atoms with Crippen molar-refractivity contribution in [1.29, 1.82) is 0 Å². The van der Waals surface area contributed by atoms with Crippen molar-refractivity contribution < 1.29 is 29.5 Å². The monoisotopic (exact) mass is 446 g/mol. The lowest BCUT2D eigenvalue weighted by Crippen LogP contribution is -2.51. The van der Waals surface area contributed by atoms with E-state index in [2.05, 4.69) is 9.80 Å². The van der Waals surface area contributed by atoms with E-state index in [1.807, 2.05) is 36.4 Å². The van der Waals surface area contributed by atoms with E-state index in [0.717, 1.165) is 26.2 Å². The zero-order chi connectivity index (χ0) is 22.8. The SMILES string of the molecule is COc1ccccc1OCC(O)CN1CCN(CC(O)COc2ccccc2CO)CC1. The number of methoxy groups -OCH3 is 1. The van der Waals surface area contributed by atoms with Crippen LogP contribution < -0.4 is 14.2 Å². The number of ether oxygens (including phenoxy) is 3. The molecular formula is C24H34N2O6. The van der Waals surface area contributed by atoms with Crippen molar-refractivity contribution in [2.24, 2.45) is 0 Å². The molecule has 176 valence electrons. The Hall–Kier alpha value is -2.36. The summed E-state index contributed by atoms with van der Waals surface area (Å²) < 4.78 is 16.7. The molecule has 0 saturated carbocycles. The minimum Gasteiger partial charge on any atom is -0.493 e. The number of aliphatic hydroxyl groups excluding tert-OH is 3. The summed E-state index contributed by atoms with van der Waals surface area (Å²) >= 11 is 0. The molecule has 1 fully saturated rings. The molecule has 32 heavy (non-hydrogen) atoms. The minimum atomic E-state index is -0.617. The second kappa shape index (κ2) is 12.6. The minimum absolute atomic E-state index is 0.0932. The molecule has 0 aromatic heterocycles. The molecule has 1 aliphatic heterocycles. The van der Waals surface area contributed by atoms with Gasteiger partial charge in [0.1, 0.15) is 31.2 Å². The Morgan fingerprint density at radius 3 is 1.75 bits per heavy atom. The number of aliphatic hydroxyl groups is 3. The van der Waals surface area contributed by atoms with Crippen LogP contribution >= 0.6 is 0 Å². The van der Waals surface area contributed by atoms with E-state index in [0.29, 0.717) is 35.9 Å². The van der Waals surface area contributed by atoms with Gasteiger partial charge < -0.3 is 29.5 Å². The highest BCUT2D eigenvalue weighted by Crippen LogP contribution is 2.25. The van der Waals surface area contributed by atoms with Gasteiger partial charge in [-0.3, -0.25) is 9.80 Å². The molecule has 0 bridgehead atoms. The Kier molecular flexibility index (Phi) is 9.58. The van der Waals surface area contributed by atoms with Crippen molar-refractivity contribution in [2.45, 2.75) is 18.8 Å². The van der Waals surface area contributed by atoms with E-state index in [4.69, 9.17) is 14.2 Å². The summed E-state index contributed by atoms with van der Waals surface area (Å²) in [6.45, 7) is 4.58. The molecule has 8 nitrogen and oxygen atoms in total. The van der Waals surface area contributed by atoms with Gasteiger partial charge in [-0.25, -0.2) is 0 Å². The third-order valence-corrected chi connectivity index (χ3v) is 5.48. The fourth-order valence-corrected chi connectivity index (χ4v) is 3.74. The molecule has 1 aliphatic rings. The first kappa shape index (κ1) is 24.3. The van der Waals surface area contributed by atoms with E-state index < -0.39 is 12.2 Å². The Morgan fingerprint density at radius 1 is 0.750 bits per heavy atom. The number of piperazine rings is 1. The molecule has 0 aliphatic carbocycles. The van der Waals surface area contributed by atoms with E-state index >= 15 is 0 Å². The normalized spacial score (nSPS) is 17.0. The van der Waals surface area contributed by atoms with Crippen molar-refractivity contribution in [2.75, 3.05) is 59.6 Å². The van der Waals surface area contributed by atoms with Gasteiger partial charge in [-0.2, -0.15) is 0 Å². The third-order valence-electron chi connectivity index (χ3n) is 5.48. The number of rotatable bonds is 12. The fourth-order valence-electron chi connectivity index (χ4n) is 3.74.